The van der Waals surface area contributed by atoms with E-state index in [9.17, 15) is 4.79 Å². The lowest BCUT2D eigenvalue weighted by Gasteiger charge is -2.09. The van der Waals surface area contributed by atoms with Crippen LogP contribution < -0.4 is 5.32 Å². The first-order chi connectivity index (χ1) is 10.6. The Hall–Kier alpha value is -0.650. The van der Waals surface area contributed by atoms with Crippen LogP contribution in [0.25, 0.3) is 10.1 Å². The third-order valence-electron chi connectivity index (χ3n) is 3.84. The Morgan fingerprint density at radius 1 is 1.12 bits per heavy atom. The van der Waals surface area contributed by atoms with Gasteiger partial charge >= 0.3 is 0 Å². The minimum atomic E-state index is 0. The first-order valence-electron chi connectivity index (χ1n) is 7.96. The summed E-state index contributed by atoms with van der Waals surface area (Å²) in [6.07, 6.45) is 2.67. The maximum Gasteiger partial charge on any atom is 0.173 e. The van der Waals surface area contributed by atoms with Crippen molar-refractivity contribution in [2.75, 3.05) is 33.7 Å². The Morgan fingerprint density at radius 3 is 2.50 bits per heavy atom. The Kier molecular flexibility index (Phi) is 11.5. The van der Waals surface area contributed by atoms with Gasteiger partial charge in [0.15, 0.2) is 5.78 Å². The SMILES string of the molecule is Cc1c(C(=O)CCCCNCCN(C)C)sc2ccccc12.Cl.Cl. The van der Waals surface area contributed by atoms with Gasteiger partial charge in [0.05, 0.1) is 4.88 Å². The predicted molar refractivity (Wildman–Crippen MR) is 111 cm³/mol. The van der Waals surface area contributed by atoms with Gasteiger partial charge in [-0.15, -0.1) is 36.2 Å². The van der Waals surface area contributed by atoms with Gasteiger partial charge < -0.3 is 10.2 Å². The van der Waals surface area contributed by atoms with E-state index in [0.29, 0.717) is 12.2 Å². The Morgan fingerprint density at radius 2 is 1.83 bits per heavy atom. The molecule has 1 aromatic heterocycles. The van der Waals surface area contributed by atoms with Crippen molar-refractivity contribution in [2.45, 2.75) is 26.2 Å². The van der Waals surface area contributed by atoms with Crippen LogP contribution in [0.5, 0.6) is 0 Å². The summed E-state index contributed by atoms with van der Waals surface area (Å²) in [5.74, 6) is 0.298. The molecular formula is C18H28Cl2N2OS. The molecule has 0 unspecified atom stereocenters. The number of hydrogen-bond acceptors (Lipinski definition) is 4. The van der Waals surface area contributed by atoms with Gasteiger partial charge in [-0.25, -0.2) is 0 Å². The topological polar surface area (TPSA) is 32.3 Å². The molecule has 0 atom stereocenters. The number of benzene rings is 1. The summed E-state index contributed by atoms with van der Waals surface area (Å²) in [4.78, 5) is 15.5. The number of likely N-dealkylation sites (N-methyl/N-ethyl adjacent to an activating group) is 1. The molecule has 0 aliphatic rings. The lowest BCUT2D eigenvalue weighted by molar-refractivity contribution is 0.0983. The number of fused-ring (bicyclic) bond motifs is 1. The summed E-state index contributed by atoms with van der Waals surface area (Å²) in [6.45, 7) is 5.12. The molecule has 3 nitrogen and oxygen atoms in total. The predicted octanol–water partition coefficient (Wildman–Crippen LogP) is 4.56. The van der Waals surface area contributed by atoms with E-state index in [1.54, 1.807) is 11.3 Å². The Bertz CT molecular complexity index is 629. The van der Waals surface area contributed by atoms with Crippen molar-refractivity contribution in [3.05, 3.63) is 34.7 Å². The molecule has 1 aromatic carbocycles. The van der Waals surface area contributed by atoms with Crippen LogP contribution in [0, 0.1) is 6.92 Å². The maximum atomic E-state index is 12.4. The Labute approximate surface area is 161 Å². The average Bonchev–Trinajstić information content (AvgIpc) is 2.83. The first kappa shape index (κ1) is 23.4. The van der Waals surface area contributed by atoms with E-state index in [-0.39, 0.29) is 24.8 Å². The number of unbranched alkanes of at least 4 members (excludes halogenated alkanes) is 1. The molecule has 0 bridgehead atoms. The zero-order chi connectivity index (χ0) is 15.9. The zero-order valence-corrected chi connectivity index (χ0v) is 17.1. The quantitative estimate of drug-likeness (QED) is 0.503. The molecule has 0 saturated carbocycles. The van der Waals surface area contributed by atoms with Gasteiger partial charge in [-0.1, -0.05) is 18.2 Å². The number of Topliss-reactive ketones (excluding diaryl/α,β-unsaturated/α-hetero) is 1. The normalized spacial score (nSPS) is 10.5. The highest BCUT2D eigenvalue weighted by atomic mass is 35.5. The fraction of sp³-hybridized carbons (Fsp3) is 0.500. The fourth-order valence-electron chi connectivity index (χ4n) is 2.52. The van der Waals surface area contributed by atoms with Crippen LogP contribution in [-0.2, 0) is 0 Å². The van der Waals surface area contributed by atoms with Crippen LogP contribution in [-0.4, -0.2) is 44.4 Å². The van der Waals surface area contributed by atoms with Crippen molar-refractivity contribution in [2.24, 2.45) is 0 Å². The monoisotopic (exact) mass is 390 g/mol. The highest BCUT2D eigenvalue weighted by Gasteiger charge is 2.14. The van der Waals surface area contributed by atoms with E-state index in [0.717, 1.165) is 42.9 Å². The standard InChI is InChI=1S/C18H26N2OS.2ClH/c1-14-15-8-4-5-10-17(15)22-18(14)16(21)9-6-7-11-19-12-13-20(2)3;;/h4-5,8,10,19H,6-7,9,11-13H2,1-3H3;2*1H. The third kappa shape index (κ3) is 6.69. The largest absolute Gasteiger partial charge is 0.315 e. The first-order valence-corrected chi connectivity index (χ1v) is 8.78. The summed E-state index contributed by atoms with van der Waals surface area (Å²) in [5.41, 5.74) is 1.15. The number of rotatable bonds is 9. The number of thiophene rings is 1. The lowest BCUT2D eigenvalue weighted by atomic mass is 10.1. The average molecular weight is 391 g/mol. The molecule has 24 heavy (non-hydrogen) atoms. The Balaban J connectivity index is 0.00000264. The van der Waals surface area contributed by atoms with Crippen molar-refractivity contribution in [3.8, 4) is 0 Å². The van der Waals surface area contributed by atoms with Gasteiger partial charge in [0.1, 0.15) is 0 Å². The van der Waals surface area contributed by atoms with E-state index >= 15 is 0 Å². The second-order valence-corrected chi connectivity index (χ2v) is 7.04. The highest BCUT2D eigenvalue weighted by molar-refractivity contribution is 7.21. The zero-order valence-electron chi connectivity index (χ0n) is 14.6. The molecule has 0 spiro atoms. The van der Waals surface area contributed by atoms with Gasteiger partial charge in [-0.3, -0.25) is 4.79 Å². The molecule has 0 aliphatic carbocycles. The number of halogens is 2. The summed E-state index contributed by atoms with van der Waals surface area (Å²) >= 11 is 1.64. The van der Waals surface area contributed by atoms with Gasteiger partial charge in [0.25, 0.3) is 0 Å². The molecule has 136 valence electrons. The molecule has 2 rings (SSSR count). The number of hydrogen-bond donors (Lipinski definition) is 1. The van der Waals surface area contributed by atoms with Crippen molar-refractivity contribution in [3.63, 3.8) is 0 Å². The van der Waals surface area contributed by atoms with Gasteiger partial charge in [0, 0.05) is 24.2 Å². The molecule has 0 radical (unpaired) electrons. The van der Waals surface area contributed by atoms with E-state index in [2.05, 4.69) is 43.4 Å². The van der Waals surface area contributed by atoms with Crippen molar-refractivity contribution in [1.29, 1.82) is 0 Å². The van der Waals surface area contributed by atoms with E-state index in [4.69, 9.17) is 0 Å². The molecule has 0 fully saturated rings. The number of aryl methyl sites for hydroxylation is 1. The molecular weight excluding hydrogens is 363 g/mol. The molecule has 2 aromatic rings. The summed E-state index contributed by atoms with van der Waals surface area (Å²) in [6, 6.07) is 8.27. The van der Waals surface area contributed by atoms with Crippen LogP contribution >= 0.6 is 36.2 Å². The van der Waals surface area contributed by atoms with Crippen LogP contribution in [0.4, 0.5) is 0 Å². The number of carbonyl (C=O) groups is 1. The number of ketones is 1. The minimum Gasteiger partial charge on any atom is -0.315 e. The van der Waals surface area contributed by atoms with Gasteiger partial charge in [-0.2, -0.15) is 0 Å². The third-order valence-corrected chi connectivity index (χ3v) is 5.15. The van der Waals surface area contributed by atoms with Crippen LogP contribution in [0.15, 0.2) is 24.3 Å². The number of carbonyl (C=O) groups excluding carboxylic acids is 1. The van der Waals surface area contributed by atoms with E-state index < -0.39 is 0 Å². The lowest BCUT2D eigenvalue weighted by Crippen LogP contribution is -2.27. The van der Waals surface area contributed by atoms with E-state index in [1.165, 1.54) is 10.1 Å². The van der Waals surface area contributed by atoms with Crippen molar-refractivity contribution < 1.29 is 4.79 Å². The van der Waals surface area contributed by atoms with Gasteiger partial charge in [-0.05, 0) is 57.4 Å². The molecule has 6 heteroatoms. The molecule has 0 saturated heterocycles. The summed E-state index contributed by atoms with van der Waals surface area (Å²) in [5, 5.41) is 4.64. The van der Waals surface area contributed by atoms with Crippen molar-refractivity contribution in [1.82, 2.24) is 10.2 Å². The molecule has 1 heterocycles. The van der Waals surface area contributed by atoms with Gasteiger partial charge in [0.2, 0.25) is 0 Å². The molecule has 0 amide bonds. The second-order valence-electron chi connectivity index (χ2n) is 5.99. The van der Waals surface area contributed by atoms with Crippen LogP contribution in [0.2, 0.25) is 0 Å². The van der Waals surface area contributed by atoms with Crippen LogP contribution in [0.3, 0.4) is 0 Å². The number of nitrogens with zero attached hydrogens (tertiary/aromatic N) is 1. The summed E-state index contributed by atoms with van der Waals surface area (Å²) < 4.78 is 1.22. The van der Waals surface area contributed by atoms with Crippen molar-refractivity contribution >= 4 is 52.0 Å². The fourth-order valence-corrected chi connectivity index (χ4v) is 3.69. The van der Waals surface area contributed by atoms with Crippen LogP contribution in [0.1, 0.15) is 34.5 Å². The highest BCUT2D eigenvalue weighted by Crippen LogP contribution is 2.31. The molecule has 0 aliphatic heterocycles. The number of nitrogens with one attached hydrogen (secondary N) is 1. The minimum absolute atomic E-state index is 0. The second kappa shape index (κ2) is 11.8. The molecule has 1 N–H and O–H groups in total. The van der Waals surface area contributed by atoms with E-state index in [1.807, 2.05) is 12.1 Å². The smallest absolute Gasteiger partial charge is 0.173 e. The maximum absolute atomic E-state index is 12.4. The summed E-state index contributed by atoms with van der Waals surface area (Å²) in [7, 11) is 4.15.